The zero-order valence-corrected chi connectivity index (χ0v) is 15.6. The minimum Gasteiger partial charge on any atom is -0.343 e. The van der Waals surface area contributed by atoms with E-state index in [-0.39, 0.29) is 11.5 Å². The van der Waals surface area contributed by atoms with Crippen LogP contribution in [0.2, 0.25) is 0 Å². The molecule has 6 heteroatoms. The average molecular weight is 359 g/mol. The van der Waals surface area contributed by atoms with Crippen LogP contribution in [0.5, 0.6) is 0 Å². The van der Waals surface area contributed by atoms with E-state index in [1.54, 1.807) is 11.8 Å². The largest absolute Gasteiger partial charge is 0.343 e. The summed E-state index contributed by atoms with van der Waals surface area (Å²) in [6.07, 6.45) is 4.60. The fraction of sp³-hybridized carbons (Fsp3) is 0.526. The van der Waals surface area contributed by atoms with Gasteiger partial charge in [-0.1, -0.05) is 37.2 Å². The van der Waals surface area contributed by atoms with Gasteiger partial charge in [-0.25, -0.2) is 4.98 Å². The number of aromatic nitrogens is 2. The van der Waals surface area contributed by atoms with Crippen molar-refractivity contribution in [3.63, 3.8) is 0 Å². The number of amides is 1. The van der Waals surface area contributed by atoms with Crippen molar-refractivity contribution >= 4 is 28.6 Å². The van der Waals surface area contributed by atoms with Gasteiger partial charge in [0.25, 0.3) is 5.56 Å². The third-order valence-corrected chi connectivity index (χ3v) is 5.60. The standard InChI is InChI=1S/C19H25N3O2S/c1-2-3-13-22-18(24)15-8-4-5-9-16(15)20-19(22)25-14-7-12-21-11-6-10-17(21)23/h4-5,8-9H,2-3,6-7,10-14H2,1H3. The summed E-state index contributed by atoms with van der Waals surface area (Å²) in [6, 6.07) is 7.54. The molecular weight excluding hydrogens is 334 g/mol. The van der Waals surface area contributed by atoms with E-state index in [2.05, 4.69) is 6.92 Å². The van der Waals surface area contributed by atoms with Gasteiger partial charge >= 0.3 is 0 Å². The predicted molar refractivity (Wildman–Crippen MR) is 102 cm³/mol. The first kappa shape index (κ1) is 18.0. The second-order valence-corrected chi connectivity index (χ2v) is 7.47. The molecule has 1 aromatic heterocycles. The highest BCUT2D eigenvalue weighted by Gasteiger charge is 2.19. The lowest BCUT2D eigenvalue weighted by atomic mass is 10.2. The molecule has 1 fully saturated rings. The molecular formula is C19H25N3O2S. The molecule has 0 aliphatic carbocycles. The van der Waals surface area contributed by atoms with Crippen LogP contribution in [0.1, 0.15) is 39.0 Å². The Bertz CT molecular complexity index is 803. The summed E-state index contributed by atoms with van der Waals surface area (Å²) in [5.74, 6) is 1.13. The SMILES string of the molecule is CCCCn1c(SCCCN2CCCC2=O)nc2ccccc2c1=O. The first-order valence-corrected chi connectivity index (χ1v) is 10.1. The van der Waals surface area contributed by atoms with Gasteiger partial charge in [0.1, 0.15) is 0 Å². The summed E-state index contributed by atoms with van der Waals surface area (Å²) >= 11 is 1.62. The van der Waals surface area contributed by atoms with Crippen LogP contribution in [-0.4, -0.2) is 39.2 Å². The van der Waals surface area contributed by atoms with E-state index in [0.29, 0.717) is 18.4 Å². The van der Waals surface area contributed by atoms with Crippen LogP contribution < -0.4 is 5.56 Å². The van der Waals surface area contributed by atoms with Crippen LogP contribution in [0, 0.1) is 0 Å². The third kappa shape index (κ3) is 4.24. The maximum Gasteiger partial charge on any atom is 0.262 e. The second-order valence-electron chi connectivity index (χ2n) is 6.41. The number of benzene rings is 1. The van der Waals surface area contributed by atoms with Gasteiger partial charge in [0.2, 0.25) is 5.91 Å². The summed E-state index contributed by atoms with van der Waals surface area (Å²) in [7, 11) is 0. The Kier molecular flexibility index (Phi) is 6.13. The van der Waals surface area contributed by atoms with Crippen molar-refractivity contribution in [1.82, 2.24) is 14.5 Å². The Labute approximate surface area is 152 Å². The number of carbonyl (C=O) groups excluding carboxylic acids is 1. The average Bonchev–Trinajstić information content (AvgIpc) is 3.03. The summed E-state index contributed by atoms with van der Waals surface area (Å²) in [4.78, 5) is 31.1. The van der Waals surface area contributed by atoms with Crippen LogP contribution in [-0.2, 0) is 11.3 Å². The van der Waals surface area contributed by atoms with Crippen molar-refractivity contribution in [2.24, 2.45) is 0 Å². The van der Waals surface area contributed by atoms with E-state index in [9.17, 15) is 9.59 Å². The van der Waals surface area contributed by atoms with Gasteiger partial charge in [-0.2, -0.15) is 0 Å². The van der Waals surface area contributed by atoms with Crippen LogP contribution >= 0.6 is 11.8 Å². The molecule has 0 saturated carbocycles. The highest BCUT2D eigenvalue weighted by atomic mass is 32.2. The van der Waals surface area contributed by atoms with Gasteiger partial charge in [-0.15, -0.1) is 0 Å². The topological polar surface area (TPSA) is 55.2 Å². The lowest BCUT2D eigenvalue weighted by molar-refractivity contribution is -0.127. The number of likely N-dealkylation sites (tertiary alicyclic amines) is 1. The fourth-order valence-electron chi connectivity index (χ4n) is 3.13. The lowest BCUT2D eigenvalue weighted by Crippen LogP contribution is -2.26. The number of thioether (sulfide) groups is 1. The molecule has 0 unspecified atom stereocenters. The molecule has 1 saturated heterocycles. The Morgan fingerprint density at radius 2 is 2.00 bits per heavy atom. The molecule has 0 atom stereocenters. The quantitative estimate of drug-likeness (QED) is 0.412. The van der Waals surface area contributed by atoms with E-state index in [1.807, 2.05) is 33.7 Å². The van der Waals surface area contributed by atoms with Gasteiger partial charge in [-0.3, -0.25) is 14.2 Å². The molecule has 0 radical (unpaired) electrons. The first-order chi connectivity index (χ1) is 12.2. The summed E-state index contributed by atoms with van der Waals surface area (Å²) < 4.78 is 1.82. The highest BCUT2D eigenvalue weighted by molar-refractivity contribution is 7.99. The molecule has 5 nitrogen and oxygen atoms in total. The molecule has 0 spiro atoms. The molecule has 3 rings (SSSR count). The van der Waals surface area contributed by atoms with Gasteiger partial charge in [0.15, 0.2) is 5.16 Å². The Morgan fingerprint density at radius 3 is 2.76 bits per heavy atom. The molecule has 0 N–H and O–H groups in total. The number of hydrogen-bond acceptors (Lipinski definition) is 4. The van der Waals surface area contributed by atoms with E-state index in [1.165, 1.54) is 0 Å². The molecule has 2 heterocycles. The molecule has 2 aromatic rings. The number of rotatable bonds is 8. The van der Waals surface area contributed by atoms with Gasteiger partial charge in [-0.05, 0) is 31.4 Å². The van der Waals surface area contributed by atoms with E-state index >= 15 is 0 Å². The minimum absolute atomic E-state index is 0.0521. The van der Waals surface area contributed by atoms with E-state index < -0.39 is 0 Å². The zero-order chi connectivity index (χ0) is 17.6. The van der Waals surface area contributed by atoms with Gasteiger partial charge in [0, 0.05) is 31.8 Å². The van der Waals surface area contributed by atoms with Crippen LogP contribution in [0.4, 0.5) is 0 Å². The second kappa shape index (κ2) is 8.52. The van der Waals surface area contributed by atoms with Crippen LogP contribution in [0.3, 0.4) is 0 Å². The van der Waals surface area contributed by atoms with Crippen molar-refractivity contribution in [2.45, 2.75) is 50.7 Å². The maximum atomic E-state index is 12.8. The predicted octanol–water partition coefficient (Wildman–Crippen LogP) is 3.30. The first-order valence-electron chi connectivity index (χ1n) is 9.11. The van der Waals surface area contributed by atoms with Gasteiger partial charge < -0.3 is 4.90 Å². The normalized spacial score (nSPS) is 14.6. The molecule has 1 amide bonds. The van der Waals surface area contributed by atoms with E-state index in [0.717, 1.165) is 55.2 Å². The summed E-state index contributed by atoms with van der Waals surface area (Å²) in [5.41, 5.74) is 0.814. The Balaban J connectivity index is 1.72. The highest BCUT2D eigenvalue weighted by Crippen LogP contribution is 2.20. The molecule has 1 aliphatic heterocycles. The smallest absolute Gasteiger partial charge is 0.262 e. The number of hydrogen-bond donors (Lipinski definition) is 0. The van der Waals surface area contributed by atoms with Crippen LogP contribution in [0.15, 0.2) is 34.2 Å². The molecule has 0 bridgehead atoms. The van der Waals surface area contributed by atoms with Crippen LogP contribution in [0.25, 0.3) is 10.9 Å². The van der Waals surface area contributed by atoms with Crippen molar-refractivity contribution in [2.75, 3.05) is 18.8 Å². The zero-order valence-electron chi connectivity index (χ0n) is 14.7. The summed E-state index contributed by atoms with van der Waals surface area (Å²) in [6.45, 7) is 4.52. The van der Waals surface area contributed by atoms with Gasteiger partial charge in [0.05, 0.1) is 10.9 Å². The minimum atomic E-state index is 0.0521. The molecule has 25 heavy (non-hydrogen) atoms. The Hall–Kier alpha value is -1.82. The number of nitrogens with zero attached hydrogens (tertiary/aromatic N) is 3. The van der Waals surface area contributed by atoms with Crippen molar-refractivity contribution in [3.05, 3.63) is 34.6 Å². The van der Waals surface area contributed by atoms with Crippen molar-refractivity contribution in [1.29, 1.82) is 0 Å². The lowest BCUT2D eigenvalue weighted by Gasteiger charge is -2.16. The maximum absolute atomic E-state index is 12.8. The molecule has 134 valence electrons. The molecule has 1 aliphatic rings. The summed E-state index contributed by atoms with van der Waals surface area (Å²) in [5, 5.41) is 1.48. The third-order valence-electron chi connectivity index (χ3n) is 4.54. The fourth-order valence-corrected chi connectivity index (χ4v) is 4.08. The monoisotopic (exact) mass is 359 g/mol. The number of carbonyl (C=O) groups is 1. The van der Waals surface area contributed by atoms with Crippen molar-refractivity contribution < 1.29 is 4.79 Å². The van der Waals surface area contributed by atoms with Crippen molar-refractivity contribution in [3.8, 4) is 0 Å². The Morgan fingerprint density at radius 1 is 1.16 bits per heavy atom. The number of unbranched alkanes of at least 4 members (excludes halogenated alkanes) is 1. The van der Waals surface area contributed by atoms with E-state index in [4.69, 9.17) is 4.98 Å². The number of fused-ring (bicyclic) bond motifs is 1. The molecule has 1 aromatic carbocycles. The number of para-hydroxylation sites is 1.